The fourth-order valence-corrected chi connectivity index (χ4v) is 2.42. The van der Waals surface area contributed by atoms with E-state index in [2.05, 4.69) is 5.32 Å². The maximum atomic E-state index is 12.2. The van der Waals surface area contributed by atoms with Crippen LogP contribution in [0.5, 0.6) is 0 Å². The van der Waals surface area contributed by atoms with E-state index in [9.17, 15) is 14.9 Å². The molecule has 2 rings (SSSR count). The quantitative estimate of drug-likeness (QED) is 0.650. The minimum absolute atomic E-state index is 0.0529. The number of hydrogen-bond donors (Lipinski definition) is 1. The minimum Gasteiger partial charge on any atom is -0.325 e. The van der Waals surface area contributed by atoms with Crippen molar-refractivity contribution in [3.05, 3.63) is 69.8 Å². The molecule has 24 heavy (non-hydrogen) atoms. The summed E-state index contributed by atoms with van der Waals surface area (Å²) in [5, 5.41) is 13.8. The minimum atomic E-state index is -0.416. The van der Waals surface area contributed by atoms with Crippen LogP contribution in [0.25, 0.3) is 0 Å². The van der Waals surface area contributed by atoms with Crippen molar-refractivity contribution >= 4 is 17.3 Å². The number of hydrogen-bond acceptors (Lipinski definition) is 4. The number of nitrogens with one attached hydrogen (secondary N) is 1. The number of rotatable bonds is 6. The van der Waals surface area contributed by atoms with Crippen molar-refractivity contribution in [3.63, 3.8) is 0 Å². The van der Waals surface area contributed by atoms with Crippen molar-refractivity contribution < 1.29 is 9.72 Å². The molecule has 0 aliphatic rings. The maximum absolute atomic E-state index is 12.2. The lowest BCUT2D eigenvalue weighted by atomic mass is 10.1. The number of amides is 1. The Labute approximate surface area is 141 Å². The summed E-state index contributed by atoms with van der Waals surface area (Å²) in [6.45, 7) is 4.04. The third-order valence-electron chi connectivity index (χ3n) is 4.04. The summed E-state index contributed by atoms with van der Waals surface area (Å²) < 4.78 is 0. The Morgan fingerprint density at radius 1 is 1.25 bits per heavy atom. The number of carbonyl (C=O) groups is 1. The molecule has 0 saturated heterocycles. The number of nitro benzene ring substituents is 1. The van der Waals surface area contributed by atoms with Gasteiger partial charge in [-0.1, -0.05) is 30.3 Å². The van der Waals surface area contributed by atoms with Crippen molar-refractivity contribution in [2.75, 3.05) is 18.9 Å². The van der Waals surface area contributed by atoms with Crippen LogP contribution in [-0.4, -0.2) is 29.3 Å². The molecule has 1 atom stereocenters. The van der Waals surface area contributed by atoms with E-state index in [1.807, 2.05) is 56.1 Å². The van der Waals surface area contributed by atoms with Crippen molar-refractivity contribution in [2.45, 2.75) is 19.9 Å². The van der Waals surface area contributed by atoms with E-state index in [1.165, 1.54) is 6.07 Å². The zero-order chi connectivity index (χ0) is 17.7. The Kier molecular flexibility index (Phi) is 5.65. The molecule has 0 spiro atoms. The normalized spacial score (nSPS) is 12.0. The summed E-state index contributed by atoms with van der Waals surface area (Å²) in [5.74, 6) is -0.121. The predicted octanol–water partition coefficient (Wildman–Crippen LogP) is 3.53. The first-order valence-corrected chi connectivity index (χ1v) is 7.68. The topological polar surface area (TPSA) is 75.5 Å². The molecule has 6 nitrogen and oxygen atoms in total. The van der Waals surface area contributed by atoms with Gasteiger partial charge in [-0.05, 0) is 38.1 Å². The molecule has 126 valence electrons. The molecule has 0 radical (unpaired) electrons. The smallest absolute Gasteiger partial charge is 0.269 e. The van der Waals surface area contributed by atoms with Gasteiger partial charge < -0.3 is 5.32 Å². The van der Waals surface area contributed by atoms with Gasteiger partial charge in [0, 0.05) is 23.9 Å². The highest BCUT2D eigenvalue weighted by atomic mass is 16.6. The number of anilines is 1. The van der Waals surface area contributed by atoms with Crippen LogP contribution in [-0.2, 0) is 4.79 Å². The van der Waals surface area contributed by atoms with Gasteiger partial charge in [0.1, 0.15) is 0 Å². The second-order valence-corrected chi connectivity index (χ2v) is 5.81. The average Bonchev–Trinajstić information content (AvgIpc) is 2.56. The number of aryl methyl sites for hydroxylation is 1. The third-order valence-corrected chi connectivity index (χ3v) is 4.04. The Balaban J connectivity index is 2.02. The number of para-hydroxylation sites is 1. The highest BCUT2D eigenvalue weighted by Gasteiger charge is 2.17. The van der Waals surface area contributed by atoms with Crippen LogP contribution in [0.3, 0.4) is 0 Å². The third kappa shape index (κ3) is 4.39. The van der Waals surface area contributed by atoms with Crippen LogP contribution in [0.2, 0.25) is 0 Å². The van der Waals surface area contributed by atoms with E-state index < -0.39 is 4.92 Å². The standard InChI is InChI=1S/C18H21N3O3/c1-13-7-4-5-10-17(13)19-18(22)12-20(3)14(2)15-8-6-9-16(11-15)21(23)24/h4-11,14H,12H2,1-3H3,(H,19,22). The first kappa shape index (κ1) is 17.6. The van der Waals surface area contributed by atoms with Crippen LogP contribution < -0.4 is 5.32 Å². The number of carbonyl (C=O) groups excluding carboxylic acids is 1. The Morgan fingerprint density at radius 2 is 1.96 bits per heavy atom. The molecule has 0 saturated carbocycles. The van der Waals surface area contributed by atoms with E-state index in [4.69, 9.17) is 0 Å². The largest absolute Gasteiger partial charge is 0.325 e. The van der Waals surface area contributed by atoms with Gasteiger partial charge in [0.25, 0.3) is 5.69 Å². The van der Waals surface area contributed by atoms with Crippen LogP contribution in [0.15, 0.2) is 48.5 Å². The van der Waals surface area contributed by atoms with E-state index in [1.54, 1.807) is 12.1 Å². The van der Waals surface area contributed by atoms with E-state index in [-0.39, 0.29) is 24.2 Å². The molecule has 1 N–H and O–H groups in total. The number of non-ortho nitro benzene ring substituents is 1. The Bertz CT molecular complexity index is 746. The molecule has 2 aromatic rings. The molecule has 0 aliphatic heterocycles. The molecule has 0 aromatic heterocycles. The molecular formula is C18H21N3O3. The van der Waals surface area contributed by atoms with Crippen molar-refractivity contribution in [1.82, 2.24) is 4.90 Å². The van der Waals surface area contributed by atoms with Gasteiger partial charge in [0.15, 0.2) is 0 Å². The molecule has 0 bridgehead atoms. The van der Waals surface area contributed by atoms with Gasteiger partial charge in [-0.15, -0.1) is 0 Å². The van der Waals surface area contributed by atoms with Gasteiger partial charge in [0.05, 0.1) is 11.5 Å². The molecular weight excluding hydrogens is 306 g/mol. The molecule has 0 fully saturated rings. The van der Waals surface area contributed by atoms with Crippen LogP contribution >= 0.6 is 0 Å². The number of nitro groups is 1. The highest BCUT2D eigenvalue weighted by Crippen LogP contribution is 2.23. The fourth-order valence-electron chi connectivity index (χ4n) is 2.42. The van der Waals surface area contributed by atoms with Crippen molar-refractivity contribution in [2.24, 2.45) is 0 Å². The van der Waals surface area contributed by atoms with Crippen molar-refractivity contribution in [3.8, 4) is 0 Å². The number of benzene rings is 2. The van der Waals surface area contributed by atoms with Crippen molar-refractivity contribution in [1.29, 1.82) is 0 Å². The van der Waals surface area contributed by atoms with Crippen LogP contribution in [0.4, 0.5) is 11.4 Å². The van der Waals surface area contributed by atoms with E-state index in [0.29, 0.717) is 0 Å². The van der Waals surface area contributed by atoms with E-state index in [0.717, 1.165) is 16.8 Å². The molecule has 1 unspecified atom stereocenters. The second kappa shape index (κ2) is 7.70. The zero-order valence-corrected chi connectivity index (χ0v) is 14.0. The second-order valence-electron chi connectivity index (χ2n) is 5.81. The zero-order valence-electron chi connectivity index (χ0n) is 14.0. The van der Waals surface area contributed by atoms with Crippen LogP contribution in [0.1, 0.15) is 24.1 Å². The van der Waals surface area contributed by atoms with E-state index >= 15 is 0 Å². The van der Waals surface area contributed by atoms with Gasteiger partial charge in [-0.3, -0.25) is 19.8 Å². The average molecular weight is 327 g/mol. The summed E-state index contributed by atoms with van der Waals surface area (Å²) in [5.41, 5.74) is 2.65. The molecule has 2 aromatic carbocycles. The van der Waals surface area contributed by atoms with Gasteiger partial charge in [-0.25, -0.2) is 0 Å². The predicted molar refractivity (Wildman–Crippen MR) is 94.0 cm³/mol. The molecule has 0 aliphatic carbocycles. The molecule has 1 amide bonds. The highest BCUT2D eigenvalue weighted by molar-refractivity contribution is 5.92. The van der Waals surface area contributed by atoms with Crippen LogP contribution in [0, 0.1) is 17.0 Å². The summed E-state index contributed by atoms with van der Waals surface area (Å²) in [4.78, 5) is 24.5. The SMILES string of the molecule is Cc1ccccc1NC(=O)CN(C)C(C)c1cccc([N+](=O)[O-])c1. The monoisotopic (exact) mass is 327 g/mol. The van der Waals surface area contributed by atoms with Gasteiger partial charge >= 0.3 is 0 Å². The first-order valence-electron chi connectivity index (χ1n) is 7.68. The summed E-state index contributed by atoms with van der Waals surface area (Å²) in [6, 6.07) is 14.0. The lowest BCUT2D eigenvalue weighted by Crippen LogP contribution is -2.32. The Morgan fingerprint density at radius 3 is 2.62 bits per heavy atom. The summed E-state index contributed by atoms with van der Waals surface area (Å²) in [6.07, 6.45) is 0. The number of nitrogens with zero attached hydrogens (tertiary/aromatic N) is 2. The number of likely N-dealkylation sites (N-methyl/N-ethyl adjacent to an activating group) is 1. The maximum Gasteiger partial charge on any atom is 0.269 e. The molecule has 0 heterocycles. The summed E-state index contributed by atoms with van der Waals surface area (Å²) in [7, 11) is 1.82. The fraction of sp³-hybridized carbons (Fsp3) is 0.278. The molecule has 6 heteroatoms. The lowest BCUT2D eigenvalue weighted by molar-refractivity contribution is -0.384. The Hall–Kier alpha value is -2.73. The van der Waals surface area contributed by atoms with Gasteiger partial charge in [0.2, 0.25) is 5.91 Å². The van der Waals surface area contributed by atoms with Gasteiger partial charge in [-0.2, -0.15) is 0 Å². The first-order chi connectivity index (χ1) is 11.4. The lowest BCUT2D eigenvalue weighted by Gasteiger charge is -2.24. The summed E-state index contributed by atoms with van der Waals surface area (Å²) >= 11 is 0.